The molecule has 1 aliphatic heterocycles. The molecule has 128 valence electrons. The average molecular weight is 332 g/mol. The molecular weight excluding hydrogens is 311 g/mol. The van der Waals surface area contributed by atoms with Crippen LogP contribution in [0.15, 0.2) is 47.1 Å². The highest BCUT2D eigenvalue weighted by Gasteiger charge is 2.25. The number of halogens is 1. The van der Waals surface area contributed by atoms with Crippen molar-refractivity contribution in [3.8, 4) is 0 Å². The smallest absolute Gasteiger partial charge is 0.224 e. The molecule has 2 aromatic rings. The Hall–Kier alpha value is -2.18. The molecule has 3 rings (SSSR count). The first kappa shape index (κ1) is 16.7. The minimum absolute atomic E-state index is 0.0129. The molecule has 2 heterocycles. The second-order valence-corrected chi connectivity index (χ2v) is 5.79. The van der Waals surface area contributed by atoms with Crippen LogP contribution < -0.4 is 5.32 Å². The van der Waals surface area contributed by atoms with Crippen molar-refractivity contribution in [2.45, 2.75) is 12.5 Å². The van der Waals surface area contributed by atoms with Crippen molar-refractivity contribution >= 4 is 5.91 Å². The van der Waals surface area contributed by atoms with Gasteiger partial charge in [0.1, 0.15) is 11.6 Å². The summed E-state index contributed by atoms with van der Waals surface area (Å²) in [6.45, 7) is 3.44. The predicted molar refractivity (Wildman–Crippen MR) is 87.0 cm³/mol. The Labute approximate surface area is 140 Å². The third-order valence-electron chi connectivity index (χ3n) is 4.13. The van der Waals surface area contributed by atoms with Crippen molar-refractivity contribution in [1.29, 1.82) is 0 Å². The van der Waals surface area contributed by atoms with Crippen LogP contribution in [0.5, 0.6) is 0 Å². The molecule has 1 N–H and O–H groups in total. The molecule has 1 aliphatic rings. The molecular formula is C18H21FN2O3. The number of hydrogen-bond acceptors (Lipinski definition) is 4. The van der Waals surface area contributed by atoms with E-state index in [2.05, 4.69) is 10.2 Å². The van der Waals surface area contributed by atoms with E-state index in [9.17, 15) is 9.18 Å². The number of nitrogens with zero attached hydrogens (tertiary/aromatic N) is 1. The van der Waals surface area contributed by atoms with Crippen LogP contribution in [0.3, 0.4) is 0 Å². The normalized spacial score (nSPS) is 16.7. The zero-order chi connectivity index (χ0) is 16.8. The molecule has 1 amide bonds. The van der Waals surface area contributed by atoms with Gasteiger partial charge in [-0.15, -0.1) is 0 Å². The summed E-state index contributed by atoms with van der Waals surface area (Å²) in [5, 5.41) is 2.96. The molecule has 5 nitrogen and oxygen atoms in total. The van der Waals surface area contributed by atoms with Crippen LogP contribution in [0, 0.1) is 5.82 Å². The maximum atomic E-state index is 12.9. The number of nitrogens with one attached hydrogen (secondary N) is 1. The molecule has 1 aromatic heterocycles. The van der Waals surface area contributed by atoms with E-state index < -0.39 is 0 Å². The van der Waals surface area contributed by atoms with Gasteiger partial charge in [-0.3, -0.25) is 9.69 Å². The minimum atomic E-state index is -0.302. The Bertz CT molecular complexity index is 637. The van der Waals surface area contributed by atoms with Crippen LogP contribution in [0.25, 0.3) is 0 Å². The van der Waals surface area contributed by atoms with Gasteiger partial charge in [-0.25, -0.2) is 4.39 Å². The number of carbonyl (C=O) groups is 1. The zero-order valence-corrected chi connectivity index (χ0v) is 13.4. The van der Waals surface area contributed by atoms with Crippen molar-refractivity contribution < 1.29 is 18.3 Å². The first-order valence-corrected chi connectivity index (χ1v) is 8.09. The van der Waals surface area contributed by atoms with Gasteiger partial charge in [0, 0.05) is 19.6 Å². The fourth-order valence-corrected chi connectivity index (χ4v) is 2.84. The zero-order valence-electron chi connectivity index (χ0n) is 13.4. The Morgan fingerprint density at radius 2 is 1.96 bits per heavy atom. The van der Waals surface area contributed by atoms with Crippen LogP contribution in [-0.2, 0) is 16.0 Å². The standard InChI is InChI=1S/C18H21FN2O3/c19-15-5-3-14(4-6-15)12-18(22)20-13-16(17-2-1-9-24-17)21-7-10-23-11-8-21/h1-6,9,16H,7-8,10-13H2,(H,20,22)/t16-/m0/s1. The van der Waals surface area contributed by atoms with Crippen molar-refractivity contribution in [3.63, 3.8) is 0 Å². The number of benzene rings is 1. The molecule has 1 fully saturated rings. The minimum Gasteiger partial charge on any atom is -0.468 e. The van der Waals surface area contributed by atoms with Gasteiger partial charge in [-0.2, -0.15) is 0 Å². The Balaban J connectivity index is 1.58. The Kier molecular flexibility index (Phi) is 5.61. The van der Waals surface area contributed by atoms with Crippen LogP contribution >= 0.6 is 0 Å². The quantitative estimate of drug-likeness (QED) is 0.881. The lowest BCUT2D eigenvalue weighted by Gasteiger charge is -2.33. The molecule has 24 heavy (non-hydrogen) atoms. The summed E-state index contributed by atoms with van der Waals surface area (Å²) < 4.78 is 23.8. The highest BCUT2D eigenvalue weighted by Crippen LogP contribution is 2.21. The van der Waals surface area contributed by atoms with Gasteiger partial charge in [-0.1, -0.05) is 12.1 Å². The average Bonchev–Trinajstić information content (AvgIpc) is 3.12. The second-order valence-electron chi connectivity index (χ2n) is 5.79. The summed E-state index contributed by atoms with van der Waals surface area (Å²) in [7, 11) is 0. The fraction of sp³-hybridized carbons (Fsp3) is 0.389. The summed E-state index contributed by atoms with van der Waals surface area (Å²) >= 11 is 0. The SMILES string of the molecule is O=C(Cc1ccc(F)cc1)NC[C@@H](c1ccco1)N1CCOCC1. The van der Waals surface area contributed by atoms with Gasteiger partial charge in [0.05, 0.1) is 31.9 Å². The Morgan fingerprint density at radius 3 is 2.62 bits per heavy atom. The van der Waals surface area contributed by atoms with E-state index >= 15 is 0 Å². The molecule has 1 saturated heterocycles. The molecule has 1 atom stereocenters. The molecule has 0 spiro atoms. The molecule has 0 radical (unpaired) electrons. The number of amides is 1. The van der Waals surface area contributed by atoms with Crippen LogP contribution in [0.4, 0.5) is 4.39 Å². The monoisotopic (exact) mass is 332 g/mol. The number of furan rings is 1. The van der Waals surface area contributed by atoms with E-state index in [-0.39, 0.29) is 24.2 Å². The van der Waals surface area contributed by atoms with Crippen LogP contribution in [0.1, 0.15) is 17.4 Å². The predicted octanol–water partition coefficient (Wildman–Crippen LogP) is 2.15. The third kappa shape index (κ3) is 4.43. The lowest BCUT2D eigenvalue weighted by Crippen LogP contribution is -2.43. The summed E-state index contributed by atoms with van der Waals surface area (Å²) in [5.41, 5.74) is 0.787. The van der Waals surface area contributed by atoms with Crippen molar-refractivity contribution in [2.75, 3.05) is 32.8 Å². The fourth-order valence-electron chi connectivity index (χ4n) is 2.84. The summed E-state index contributed by atoms with van der Waals surface area (Å²) in [6.07, 6.45) is 1.87. The van der Waals surface area contributed by atoms with Gasteiger partial charge < -0.3 is 14.5 Å². The lowest BCUT2D eigenvalue weighted by atomic mass is 10.1. The van der Waals surface area contributed by atoms with Crippen LogP contribution in [-0.4, -0.2) is 43.7 Å². The molecule has 6 heteroatoms. The van der Waals surface area contributed by atoms with Crippen molar-refractivity contribution in [3.05, 3.63) is 59.8 Å². The highest BCUT2D eigenvalue weighted by atomic mass is 19.1. The summed E-state index contributed by atoms with van der Waals surface area (Å²) in [4.78, 5) is 14.4. The lowest BCUT2D eigenvalue weighted by molar-refractivity contribution is -0.120. The molecule has 1 aromatic carbocycles. The molecule has 0 saturated carbocycles. The maximum absolute atomic E-state index is 12.9. The van der Waals surface area contributed by atoms with Gasteiger partial charge >= 0.3 is 0 Å². The van der Waals surface area contributed by atoms with Crippen molar-refractivity contribution in [2.24, 2.45) is 0 Å². The van der Waals surface area contributed by atoms with Gasteiger partial charge in [-0.05, 0) is 29.8 Å². The van der Waals surface area contributed by atoms with Gasteiger partial charge in [0.15, 0.2) is 0 Å². The maximum Gasteiger partial charge on any atom is 0.224 e. The van der Waals surface area contributed by atoms with E-state index in [0.717, 1.165) is 24.4 Å². The number of ether oxygens (including phenoxy) is 1. The van der Waals surface area contributed by atoms with Gasteiger partial charge in [0.2, 0.25) is 5.91 Å². The Morgan fingerprint density at radius 1 is 1.21 bits per heavy atom. The third-order valence-corrected chi connectivity index (χ3v) is 4.13. The molecule has 0 bridgehead atoms. The summed E-state index contributed by atoms with van der Waals surface area (Å²) in [5.74, 6) is 0.440. The topological polar surface area (TPSA) is 54.7 Å². The number of morpholine rings is 1. The summed E-state index contributed by atoms with van der Waals surface area (Å²) in [6, 6.07) is 9.74. The van der Waals surface area contributed by atoms with E-state index in [0.29, 0.717) is 19.8 Å². The molecule has 0 aliphatic carbocycles. The van der Waals surface area contributed by atoms with Crippen molar-refractivity contribution in [1.82, 2.24) is 10.2 Å². The van der Waals surface area contributed by atoms with Crippen LogP contribution in [0.2, 0.25) is 0 Å². The van der Waals surface area contributed by atoms with E-state index in [1.54, 1.807) is 18.4 Å². The van der Waals surface area contributed by atoms with E-state index in [4.69, 9.17) is 9.15 Å². The molecule has 0 unspecified atom stereocenters. The first-order valence-electron chi connectivity index (χ1n) is 8.09. The largest absolute Gasteiger partial charge is 0.468 e. The highest BCUT2D eigenvalue weighted by molar-refractivity contribution is 5.78. The van der Waals surface area contributed by atoms with E-state index in [1.807, 2.05) is 12.1 Å². The number of rotatable bonds is 6. The first-order chi connectivity index (χ1) is 11.7. The number of carbonyl (C=O) groups excluding carboxylic acids is 1. The van der Waals surface area contributed by atoms with E-state index in [1.165, 1.54) is 12.1 Å². The number of hydrogen-bond donors (Lipinski definition) is 1. The second kappa shape index (κ2) is 8.08. The van der Waals surface area contributed by atoms with Gasteiger partial charge in [0.25, 0.3) is 0 Å².